The van der Waals surface area contributed by atoms with Gasteiger partial charge in [-0.25, -0.2) is 8.78 Å². The quantitative estimate of drug-likeness (QED) is 0.704. The third-order valence-corrected chi connectivity index (χ3v) is 3.79. The van der Waals surface area contributed by atoms with E-state index in [0.717, 1.165) is 0 Å². The number of rotatable bonds is 2. The van der Waals surface area contributed by atoms with Crippen LogP contribution in [-0.2, 0) is 0 Å². The van der Waals surface area contributed by atoms with Gasteiger partial charge in [0, 0.05) is 18.4 Å². The van der Waals surface area contributed by atoms with E-state index in [0.29, 0.717) is 18.8 Å². The lowest BCUT2D eigenvalue weighted by atomic mass is 9.80. The highest BCUT2D eigenvalue weighted by atomic mass is 19.3. The molecule has 2 aliphatic carbocycles. The summed E-state index contributed by atoms with van der Waals surface area (Å²) in [7, 11) is 1.96. The van der Waals surface area contributed by atoms with Gasteiger partial charge in [0.15, 0.2) is 0 Å². The van der Waals surface area contributed by atoms with Crippen molar-refractivity contribution < 1.29 is 8.78 Å². The van der Waals surface area contributed by atoms with Gasteiger partial charge in [-0.05, 0) is 38.6 Å². The van der Waals surface area contributed by atoms with E-state index in [9.17, 15) is 8.78 Å². The molecule has 0 amide bonds. The van der Waals surface area contributed by atoms with Gasteiger partial charge in [-0.3, -0.25) is 0 Å². The molecule has 2 saturated carbocycles. The Hall–Kier alpha value is -0.180. The lowest BCUT2D eigenvalue weighted by molar-refractivity contribution is -0.0506. The third kappa shape index (κ3) is 1.71. The summed E-state index contributed by atoms with van der Waals surface area (Å²) in [5, 5.41) is 3.30. The largest absolute Gasteiger partial charge is 0.314 e. The molecule has 2 aliphatic rings. The van der Waals surface area contributed by atoms with Crippen molar-refractivity contribution in [1.82, 2.24) is 5.32 Å². The van der Waals surface area contributed by atoms with E-state index in [1.807, 2.05) is 7.05 Å². The maximum absolute atomic E-state index is 12.9. The average Bonchev–Trinajstić information content (AvgIpc) is 2.85. The molecular formula is C10H17F2N. The van der Waals surface area contributed by atoms with Crippen LogP contribution in [0.5, 0.6) is 0 Å². The lowest BCUT2D eigenvalue weighted by Gasteiger charge is -2.33. The van der Waals surface area contributed by atoms with Gasteiger partial charge in [0.25, 0.3) is 0 Å². The Morgan fingerprint density at radius 3 is 2.00 bits per heavy atom. The number of hydrogen-bond donors (Lipinski definition) is 1. The van der Waals surface area contributed by atoms with Gasteiger partial charge < -0.3 is 5.32 Å². The monoisotopic (exact) mass is 189 g/mol. The Bertz CT molecular complexity index is 189. The summed E-state index contributed by atoms with van der Waals surface area (Å²) in [5.41, 5.74) is 0.247. The summed E-state index contributed by atoms with van der Waals surface area (Å²) in [6, 6.07) is 0. The highest BCUT2D eigenvalue weighted by Gasteiger charge is 2.50. The second-order valence-electron chi connectivity index (χ2n) is 4.54. The zero-order chi connectivity index (χ0) is 9.53. The standard InChI is InChI=1S/C10H17F2N/c1-13-9(6-7-9)8-2-4-10(11,12)5-3-8/h8,13H,2-7H2,1H3. The highest BCUT2D eigenvalue weighted by molar-refractivity contribution is 5.07. The molecule has 0 spiro atoms. The Balaban J connectivity index is 1.91. The Kier molecular flexibility index (Phi) is 2.10. The van der Waals surface area contributed by atoms with E-state index in [2.05, 4.69) is 5.32 Å². The third-order valence-electron chi connectivity index (χ3n) is 3.79. The maximum Gasteiger partial charge on any atom is 0.248 e. The van der Waals surface area contributed by atoms with Gasteiger partial charge in [-0.15, -0.1) is 0 Å². The van der Waals surface area contributed by atoms with E-state index in [4.69, 9.17) is 0 Å². The number of nitrogens with one attached hydrogen (secondary N) is 1. The molecule has 2 rings (SSSR count). The zero-order valence-corrected chi connectivity index (χ0v) is 8.08. The van der Waals surface area contributed by atoms with Gasteiger partial charge in [0.05, 0.1) is 0 Å². The van der Waals surface area contributed by atoms with Crippen molar-refractivity contribution in [3.8, 4) is 0 Å². The van der Waals surface area contributed by atoms with E-state index >= 15 is 0 Å². The summed E-state index contributed by atoms with van der Waals surface area (Å²) in [6.45, 7) is 0. The number of hydrogen-bond acceptors (Lipinski definition) is 1. The molecule has 0 aromatic rings. The fourth-order valence-electron chi connectivity index (χ4n) is 2.59. The minimum Gasteiger partial charge on any atom is -0.314 e. The molecule has 0 aromatic heterocycles. The van der Waals surface area contributed by atoms with Crippen LogP contribution in [0.4, 0.5) is 8.78 Å². The lowest BCUT2D eigenvalue weighted by Crippen LogP contribution is -2.40. The Morgan fingerprint density at radius 2 is 1.62 bits per heavy atom. The van der Waals surface area contributed by atoms with Crippen molar-refractivity contribution in [2.75, 3.05) is 7.05 Å². The van der Waals surface area contributed by atoms with Crippen molar-refractivity contribution in [3.63, 3.8) is 0 Å². The van der Waals surface area contributed by atoms with Crippen LogP contribution in [0.2, 0.25) is 0 Å². The van der Waals surface area contributed by atoms with Crippen LogP contribution in [0, 0.1) is 5.92 Å². The topological polar surface area (TPSA) is 12.0 Å². The zero-order valence-electron chi connectivity index (χ0n) is 8.08. The number of halogens is 2. The van der Waals surface area contributed by atoms with E-state index in [-0.39, 0.29) is 18.4 Å². The molecule has 1 nitrogen and oxygen atoms in total. The minimum atomic E-state index is -2.37. The first kappa shape index (κ1) is 9.38. The van der Waals surface area contributed by atoms with Crippen LogP contribution >= 0.6 is 0 Å². The molecule has 0 saturated heterocycles. The van der Waals surface area contributed by atoms with E-state index in [1.54, 1.807) is 0 Å². The first-order valence-corrected chi connectivity index (χ1v) is 5.15. The van der Waals surface area contributed by atoms with Crippen LogP contribution in [0.15, 0.2) is 0 Å². The molecular weight excluding hydrogens is 172 g/mol. The highest BCUT2D eigenvalue weighted by Crippen LogP contribution is 2.50. The van der Waals surface area contributed by atoms with Crippen LogP contribution in [0.1, 0.15) is 38.5 Å². The van der Waals surface area contributed by atoms with Crippen LogP contribution < -0.4 is 5.32 Å². The predicted molar refractivity (Wildman–Crippen MR) is 47.9 cm³/mol. The summed E-state index contributed by atoms with van der Waals surface area (Å²) in [4.78, 5) is 0. The van der Waals surface area contributed by atoms with Crippen molar-refractivity contribution in [1.29, 1.82) is 0 Å². The number of alkyl halides is 2. The smallest absolute Gasteiger partial charge is 0.248 e. The van der Waals surface area contributed by atoms with Crippen LogP contribution in [0.25, 0.3) is 0 Å². The molecule has 0 aliphatic heterocycles. The van der Waals surface area contributed by atoms with Crippen molar-refractivity contribution in [2.24, 2.45) is 5.92 Å². The molecule has 76 valence electrons. The molecule has 0 bridgehead atoms. The molecule has 1 N–H and O–H groups in total. The molecule has 2 fully saturated rings. The summed E-state index contributed by atoms with van der Waals surface area (Å²) in [5.74, 6) is -1.88. The van der Waals surface area contributed by atoms with Gasteiger partial charge in [0.1, 0.15) is 0 Å². The van der Waals surface area contributed by atoms with Gasteiger partial charge in [0.2, 0.25) is 5.92 Å². The fourth-order valence-corrected chi connectivity index (χ4v) is 2.59. The second-order valence-corrected chi connectivity index (χ2v) is 4.54. The molecule has 0 aromatic carbocycles. The Labute approximate surface area is 77.9 Å². The first-order valence-electron chi connectivity index (χ1n) is 5.15. The van der Waals surface area contributed by atoms with Crippen LogP contribution in [0.3, 0.4) is 0 Å². The van der Waals surface area contributed by atoms with E-state index in [1.165, 1.54) is 12.8 Å². The van der Waals surface area contributed by atoms with Crippen molar-refractivity contribution in [2.45, 2.75) is 50.0 Å². The van der Waals surface area contributed by atoms with Gasteiger partial charge in [-0.2, -0.15) is 0 Å². The first-order chi connectivity index (χ1) is 6.08. The SMILES string of the molecule is CNC1(C2CCC(F)(F)CC2)CC1. The summed E-state index contributed by atoms with van der Waals surface area (Å²) in [6.07, 6.45) is 3.96. The van der Waals surface area contributed by atoms with Crippen LogP contribution in [-0.4, -0.2) is 18.5 Å². The average molecular weight is 189 g/mol. The fraction of sp³-hybridized carbons (Fsp3) is 1.00. The molecule has 0 radical (unpaired) electrons. The summed E-state index contributed by atoms with van der Waals surface area (Å²) >= 11 is 0. The van der Waals surface area contributed by atoms with E-state index < -0.39 is 5.92 Å². The van der Waals surface area contributed by atoms with Crippen molar-refractivity contribution >= 4 is 0 Å². The Morgan fingerprint density at radius 1 is 1.08 bits per heavy atom. The normalized spacial score (nSPS) is 31.6. The minimum absolute atomic E-state index is 0.0983. The van der Waals surface area contributed by atoms with Crippen molar-refractivity contribution in [3.05, 3.63) is 0 Å². The molecule has 0 unspecified atom stereocenters. The maximum atomic E-state index is 12.9. The van der Waals surface area contributed by atoms with Gasteiger partial charge in [-0.1, -0.05) is 0 Å². The second kappa shape index (κ2) is 2.91. The molecule has 13 heavy (non-hydrogen) atoms. The molecule has 0 heterocycles. The molecule has 0 atom stereocenters. The summed E-state index contributed by atoms with van der Waals surface area (Å²) < 4.78 is 25.7. The molecule has 3 heteroatoms. The van der Waals surface area contributed by atoms with Gasteiger partial charge >= 0.3 is 0 Å². The predicted octanol–water partition coefficient (Wildman–Crippen LogP) is 2.56.